The zero-order valence-electron chi connectivity index (χ0n) is 11.0. The van der Waals surface area contributed by atoms with Gasteiger partial charge in [0.05, 0.1) is 28.7 Å². The summed E-state index contributed by atoms with van der Waals surface area (Å²) in [6.45, 7) is 4.53. The van der Waals surface area contributed by atoms with Crippen molar-refractivity contribution < 1.29 is 4.79 Å². The number of thiocarbonyl (C=S) groups is 1. The molecule has 6 heteroatoms. The number of amides is 1. The fourth-order valence-electron chi connectivity index (χ4n) is 1.71. The highest BCUT2D eigenvalue weighted by Crippen LogP contribution is 2.17. The summed E-state index contributed by atoms with van der Waals surface area (Å²) < 4.78 is 0. The molecule has 100 valence electrons. The van der Waals surface area contributed by atoms with E-state index in [1.807, 2.05) is 13.8 Å². The number of aryl methyl sites for hydroxylation is 1. The van der Waals surface area contributed by atoms with E-state index in [0.717, 1.165) is 17.0 Å². The van der Waals surface area contributed by atoms with Gasteiger partial charge in [0.15, 0.2) is 0 Å². The lowest BCUT2D eigenvalue weighted by Gasteiger charge is -2.22. The highest BCUT2D eigenvalue weighted by molar-refractivity contribution is 7.80. The average molecular weight is 285 g/mol. The van der Waals surface area contributed by atoms with Crippen LogP contribution in [-0.4, -0.2) is 27.8 Å². The van der Waals surface area contributed by atoms with Crippen LogP contribution in [0.3, 0.4) is 0 Å². The molecule has 4 nitrogen and oxygen atoms in total. The van der Waals surface area contributed by atoms with E-state index in [1.165, 1.54) is 0 Å². The normalized spacial score (nSPS) is 12.2. The van der Waals surface area contributed by atoms with E-state index in [-0.39, 0.29) is 16.8 Å². The van der Waals surface area contributed by atoms with Crippen LogP contribution in [0.1, 0.15) is 30.3 Å². The van der Waals surface area contributed by atoms with Crippen molar-refractivity contribution in [3.05, 3.63) is 16.1 Å². The summed E-state index contributed by atoms with van der Waals surface area (Å²) >= 11 is 6.53. The molecule has 0 saturated heterocycles. The Balaban J connectivity index is 2.70. The smallest absolute Gasteiger partial charge is 0.232 e. The van der Waals surface area contributed by atoms with E-state index in [1.54, 1.807) is 28.8 Å². The summed E-state index contributed by atoms with van der Waals surface area (Å²) in [7, 11) is 1.78. The van der Waals surface area contributed by atoms with Gasteiger partial charge in [-0.05, 0) is 13.3 Å². The Bertz CT molecular complexity index is 431. The third kappa shape index (κ3) is 3.74. The van der Waals surface area contributed by atoms with E-state index in [2.05, 4.69) is 4.98 Å². The minimum absolute atomic E-state index is 0.00264. The fourth-order valence-corrected chi connectivity index (χ4v) is 2.76. The highest BCUT2D eigenvalue weighted by atomic mass is 32.1. The predicted molar refractivity (Wildman–Crippen MR) is 78.5 cm³/mol. The summed E-state index contributed by atoms with van der Waals surface area (Å²) in [5.74, 6) is -0.347. The zero-order valence-corrected chi connectivity index (χ0v) is 12.6. The van der Waals surface area contributed by atoms with Gasteiger partial charge in [0, 0.05) is 11.9 Å². The summed E-state index contributed by atoms with van der Waals surface area (Å²) in [6.07, 6.45) is 1.60. The SMILES string of the molecule is CCCC(C(=O)N(C)Cc1scnc1C)C(N)=S. The lowest BCUT2D eigenvalue weighted by Crippen LogP contribution is -2.38. The maximum atomic E-state index is 12.3. The van der Waals surface area contributed by atoms with Crippen LogP contribution in [0.25, 0.3) is 0 Å². The second kappa shape index (κ2) is 6.80. The molecular weight excluding hydrogens is 266 g/mol. The monoisotopic (exact) mass is 285 g/mol. The zero-order chi connectivity index (χ0) is 13.7. The van der Waals surface area contributed by atoms with Gasteiger partial charge in [0.25, 0.3) is 0 Å². The second-order valence-electron chi connectivity index (χ2n) is 4.30. The molecule has 1 aromatic rings. The van der Waals surface area contributed by atoms with Crippen LogP contribution >= 0.6 is 23.6 Å². The Morgan fingerprint density at radius 2 is 2.33 bits per heavy atom. The molecule has 1 amide bonds. The molecular formula is C12H19N3OS2. The first-order valence-corrected chi connectivity index (χ1v) is 7.19. The van der Waals surface area contributed by atoms with Crippen molar-refractivity contribution in [2.75, 3.05) is 7.05 Å². The Morgan fingerprint density at radius 3 is 2.78 bits per heavy atom. The van der Waals surface area contributed by atoms with Crippen LogP contribution in [0, 0.1) is 12.8 Å². The number of nitrogens with two attached hydrogens (primary N) is 1. The van der Waals surface area contributed by atoms with Gasteiger partial charge in [-0.15, -0.1) is 11.3 Å². The third-order valence-electron chi connectivity index (χ3n) is 2.82. The van der Waals surface area contributed by atoms with Crippen LogP contribution < -0.4 is 5.73 Å². The molecule has 18 heavy (non-hydrogen) atoms. The molecule has 1 heterocycles. The van der Waals surface area contributed by atoms with Gasteiger partial charge in [-0.2, -0.15) is 0 Å². The van der Waals surface area contributed by atoms with Gasteiger partial charge in [0.1, 0.15) is 0 Å². The average Bonchev–Trinajstić information content (AvgIpc) is 2.70. The van der Waals surface area contributed by atoms with Crippen LogP contribution in [0.15, 0.2) is 5.51 Å². The second-order valence-corrected chi connectivity index (χ2v) is 5.71. The number of aromatic nitrogens is 1. The van der Waals surface area contributed by atoms with Crippen molar-refractivity contribution in [3.63, 3.8) is 0 Å². The van der Waals surface area contributed by atoms with Crippen molar-refractivity contribution >= 4 is 34.5 Å². The van der Waals surface area contributed by atoms with Crippen molar-refractivity contribution in [2.24, 2.45) is 11.7 Å². The first-order chi connectivity index (χ1) is 8.47. The number of rotatable bonds is 6. The summed E-state index contributed by atoms with van der Waals surface area (Å²) in [5, 5.41) is 0. The minimum Gasteiger partial charge on any atom is -0.393 e. The van der Waals surface area contributed by atoms with Gasteiger partial charge in [-0.1, -0.05) is 25.6 Å². The summed E-state index contributed by atoms with van der Waals surface area (Å²) in [6, 6.07) is 0. The summed E-state index contributed by atoms with van der Waals surface area (Å²) in [4.78, 5) is 19.5. The predicted octanol–water partition coefficient (Wildman–Crippen LogP) is 2.11. The third-order valence-corrected chi connectivity index (χ3v) is 4.03. The lowest BCUT2D eigenvalue weighted by atomic mass is 10.0. The first kappa shape index (κ1) is 15.0. The fraction of sp³-hybridized carbons (Fsp3) is 0.583. The molecule has 1 aromatic heterocycles. The summed E-state index contributed by atoms with van der Waals surface area (Å²) in [5.41, 5.74) is 8.40. The topological polar surface area (TPSA) is 59.2 Å². The molecule has 0 spiro atoms. The van der Waals surface area contributed by atoms with Gasteiger partial charge in [0.2, 0.25) is 5.91 Å². The van der Waals surface area contributed by atoms with Crippen LogP contribution in [0.5, 0.6) is 0 Å². The van der Waals surface area contributed by atoms with E-state index >= 15 is 0 Å². The standard InChI is InChI=1S/C12H19N3OS2/c1-4-5-9(11(13)17)12(16)15(3)6-10-8(2)14-7-18-10/h7,9H,4-6H2,1-3H3,(H2,13,17). The molecule has 0 fully saturated rings. The number of carbonyl (C=O) groups excluding carboxylic acids is 1. The number of nitrogens with zero attached hydrogens (tertiary/aromatic N) is 2. The number of hydrogen-bond donors (Lipinski definition) is 1. The van der Waals surface area contributed by atoms with Crippen molar-refractivity contribution in [1.82, 2.24) is 9.88 Å². The Hall–Kier alpha value is -1.01. The molecule has 2 N–H and O–H groups in total. The molecule has 0 bridgehead atoms. The highest BCUT2D eigenvalue weighted by Gasteiger charge is 2.24. The number of hydrogen-bond acceptors (Lipinski definition) is 4. The lowest BCUT2D eigenvalue weighted by molar-refractivity contribution is -0.132. The van der Waals surface area contributed by atoms with E-state index in [4.69, 9.17) is 18.0 Å². The van der Waals surface area contributed by atoms with Crippen molar-refractivity contribution in [2.45, 2.75) is 33.2 Å². The largest absolute Gasteiger partial charge is 0.393 e. The maximum absolute atomic E-state index is 12.3. The molecule has 1 unspecified atom stereocenters. The van der Waals surface area contributed by atoms with Gasteiger partial charge in [-0.25, -0.2) is 4.98 Å². The molecule has 0 aromatic carbocycles. The minimum atomic E-state index is -0.344. The van der Waals surface area contributed by atoms with E-state index in [0.29, 0.717) is 13.0 Å². The molecule has 0 aliphatic heterocycles. The first-order valence-electron chi connectivity index (χ1n) is 5.90. The van der Waals surface area contributed by atoms with Crippen LogP contribution in [-0.2, 0) is 11.3 Å². The molecule has 0 aliphatic carbocycles. The van der Waals surface area contributed by atoms with Gasteiger partial charge in [-0.3, -0.25) is 4.79 Å². The molecule has 0 radical (unpaired) electrons. The van der Waals surface area contributed by atoms with Gasteiger partial charge >= 0.3 is 0 Å². The Morgan fingerprint density at radius 1 is 1.67 bits per heavy atom. The Kier molecular flexibility index (Phi) is 5.68. The van der Waals surface area contributed by atoms with E-state index in [9.17, 15) is 4.79 Å². The quantitative estimate of drug-likeness (QED) is 0.813. The molecule has 1 rings (SSSR count). The van der Waals surface area contributed by atoms with Crippen LogP contribution in [0.2, 0.25) is 0 Å². The Labute approximate surface area is 117 Å². The van der Waals surface area contributed by atoms with Crippen molar-refractivity contribution in [1.29, 1.82) is 0 Å². The molecule has 1 atom stereocenters. The van der Waals surface area contributed by atoms with Crippen LogP contribution in [0.4, 0.5) is 0 Å². The van der Waals surface area contributed by atoms with Crippen molar-refractivity contribution in [3.8, 4) is 0 Å². The molecule has 0 aliphatic rings. The molecule has 0 saturated carbocycles. The number of carbonyl (C=O) groups is 1. The number of thiazole rings is 1. The van der Waals surface area contributed by atoms with E-state index < -0.39 is 0 Å². The maximum Gasteiger partial charge on any atom is 0.232 e. The van der Waals surface area contributed by atoms with Gasteiger partial charge < -0.3 is 10.6 Å².